The van der Waals surface area contributed by atoms with Crippen molar-refractivity contribution in [1.82, 2.24) is 0 Å². The Labute approximate surface area is 112 Å². The minimum atomic E-state index is -1.03. The molecule has 0 amide bonds. The highest BCUT2D eigenvalue weighted by atomic mass is 19.1. The number of aliphatic hydroxyl groups is 1. The highest BCUT2D eigenvalue weighted by Crippen LogP contribution is 2.32. The van der Waals surface area contributed by atoms with Gasteiger partial charge in [-0.2, -0.15) is 0 Å². The summed E-state index contributed by atoms with van der Waals surface area (Å²) in [5.74, 6) is 0.169. The van der Waals surface area contributed by atoms with E-state index in [0.29, 0.717) is 17.9 Å². The van der Waals surface area contributed by atoms with Gasteiger partial charge >= 0.3 is 0 Å². The summed E-state index contributed by atoms with van der Waals surface area (Å²) in [5.41, 5.74) is 1.84. The van der Waals surface area contributed by atoms with E-state index in [1.165, 1.54) is 6.07 Å². The van der Waals surface area contributed by atoms with Gasteiger partial charge in [0.2, 0.25) is 0 Å². The second-order valence-electron chi connectivity index (χ2n) is 4.40. The Bertz CT molecular complexity index is 566. The van der Waals surface area contributed by atoms with E-state index in [0.717, 1.165) is 5.56 Å². The van der Waals surface area contributed by atoms with Crippen molar-refractivity contribution in [2.24, 2.45) is 0 Å². The molecular weight excluding hydrogens is 243 g/mol. The van der Waals surface area contributed by atoms with Crippen molar-refractivity contribution in [3.05, 3.63) is 65.0 Å². The molecule has 1 atom stereocenters. The van der Waals surface area contributed by atoms with Crippen LogP contribution in [0.2, 0.25) is 0 Å². The average molecular weight is 260 g/mol. The average Bonchev–Trinajstić information content (AvgIpc) is 2.41. The zero-order valence-corrected chi connectivity index (χ0v) is 11.1. The Morgan fingerprint density at radius 3 is 2.58 bits per heavy atom. The normalized spacial score (nSPS) is 12.2. The summed E-state index contributed by atoms with van der Waals surface area (Å²) in [6.45, 7) is 4.30. The van der Waals surface area contributed by atoms with Gasteiger partial charge in [-0.05, 0) is 32.0 Å². The summed E-state index contributed by atoms with van der Waals surface area (Å²) >= 11 is 0. The summed E-state index contributed by atoms with van der Waals surface area (Å²) in [7, 11) is 0. The minimum absolute atomic E-state index is 0.258. The molecule has 0 bridgehead atoms. The number of rotatable bonds is 4. The lowest BCUT2D eigenvalue weighted by atomic mass is 9.98. The monoisotopic (exact) mass is 260 g/mol. The molecule has 0 saturated heterocycles. The molecule has 2 aromatic carbocycles. The fourth-order valence-electron chi connectivity index (χ4n) is 2.03. The Morgan fingerprint density at radius 1 is 1.16 bits per heavy atom. The lowest BCUT2D eigenvalue weighted by Crippen LogP contribution is -2.06. The molecular formula is C16H17FO2. The highest BCUT2D eigenvalue weighted by molar-refractivity contribution is 5.42. The van der Waals surface area contributed by atoms with E-state index in [2.05, 4.69) is 0 Å². The first-order valence-corrected chi connectivity index (χ1v) is 6.29. The molecule has 0 aromatic heterocycles. The van der Waals surface area contributed by atoms with E-state index in [1.807, 2.05) is 26.0 Å². The number of aliphatic hydroxyl groups excluding tert-OH is 1. The van der Waals surface area contributed by atoms with E-state index in [-0.39, 0.29) is 5.56 Å². The van der Waals surface area contributed by atoms with Gasteiger partial charge in [0.15, 0.2) is 0 Å². The van der Waals surface area contributed by atoms with E-state index >= 15 is 0 Å². The Kier molecular flexibility index (Phi) is 4.17. The largest absolute Gasteiger partial charge is 0.493 e. The Balaban J connectivity index is 2.45. The molecule has 0 radical (unpaired) electrons. The van der Waals surface area contributed by atoms with Crippen molar-refractivity contribution in [1.29, 1.82) is 0 Å². The zero-order chi connectivity index (χ0) is 13.8. The molecule has 2 aromatic rings. The van der Waals surface area contributed by atoms with Crippen molar-refractivity contribution >= 4 is 0 Å². The first-order valence-electron chi connectivity index (χ1n) is 6.29. The highest BCUT2D eigenvalue weighted by Gasteiger charge is 2.18. The number of hydrogen-bond acceptors (Lipinski definition) is 2. The van der Waals surface area contributed by atoms with Crippen LogP contribution in [0.25, 0.3) is 0 Å². The van der Waals surface area contributed by atoms with Gasteiger partial charge in [-0.15, -0.1) is 0 Å². The van der Waals surface area contributed by atoms with E-state index in [9.17, 15) is 9.50 Å². The van der Waals surface area contributed by atoms with E-state index in [4.69, 9.17) is 4.74 Å². The van der Waals surface area contributed by atoms with Crippen LogP contribution in [0.1, 0.15) is 29.7 Å². The van der Waals surface area contributed by atoms with Crippen LogP contribution in [0, 0.1) is 12.7 Å². The molecule has 0 saturated carbocycles. The van der Waals surface area contributed by atoms with Crippen LogP contribution in [-0.4, -0.2) is 11.7 Å². The first-order chi connectivity index (χ1) is 9.13. The summed E-state index contributed by atoms with van der Waals surface area (Å²) in [6.07, 6.45) is -1.03. The van der Waals surface area contributed by atoms with Gasteiger partial charge in [0.05, 0.1) is 6.61 Å². The van der Waals surface area contributed by atoms with E-state index in [1.54, 1.807) is 24.3 Å². The van der Waals surface area contributed by atoms with Crippen molar-refractivity contribution < 1.29 is 14.2 Å². The quantitative estimate of drug-likeness (QED) is 0.909. The van der Waals surface area contributed by atoms with Crippen LogP contribution in [0.4, 0.5) is 4.39 Å². The predicted octanol–water partition coefficient (Wildman–Crippen LogP) is 3.61. The van der Waals surface area contributed by atoms with Crippen molar-refractivity contribution in [3.8, 4) is 5.75 Å². The number of aryl methyl sites for hydroxylation is 1. The van der Waals surface area contributed by atoms with Crippen LogP contribution >= 0.6 is 0 Å². The van der Waals surface area contributed by atoms with Crippen LogP contribution < -0.4 is 4.74 Å². The fraction of sp³-hybridized carbons (Fsp3) is 0.250. The SMILES string of the molecule is CCOc1ccc(C)cc1C(O)c1ccccc1F. The summed E-state index contributed by atoms with van der Waals surface area (Å²) in [6, 6.07) is 11.8. The maximum Gasteiger partial charge on any atom is 0.129 e. The molecule has 0 aliphatic heterocycles. The second-order valence-corrected chi connectivity index (χ2v) is 4.40. The molecule has 100 valence electrons. The number of benzene rings is 2. The molecule has 2 nitrogen and oxygen atoms in total. The van der Waals surface area contributed by atoms with Gasteiger partial charge in [-0.25, -0.2) is 4.39 Å². The topological polar surface area (TPSA) is 29.5 Å². The fourth-order valence-corrected chi connectivity index (χ4v) is 2.03. The predicted molar refractivity (Wildman–Crippen MR) is 72.8 cm³/mol. The van der Waals surface area contributed by atoms with Crippen molar-refractivity contribution in [2.45, 2.75) is 20.0 Å². The second kappa shape index (κ2) is 5.85. The lowest BCUT2D eigenvalue weighted by molar-refractivity contribution is 0.207. The van der Waals surface area contributed by atoms with Crippen molar-refractivity contribution in [3.63, 3.8) is 0 Å². The molecule has 2 rings (SSSR count). The third-order valence-corrected chi connectivity index (χ3v) is 2.96. The summed E-state index contributed by atoms with van der Waals surface area (Å²) < 4.78 is 19.2. The molecule has 1 unspecified atom stereocenters. The standard InChI is InChI=1S/C16H17FO2/c1-3-19-15-9-8-11(2)10-13(15)16(18)12-6-4-5-7-14(12)17/h4-10,16,18H,3H2,1-2H3. The minimum Gasteiger partial charge on any atom is -0.493 e. The summed E-state index contributed by atoms with van der Waals surface area (Å²) in [5, 5.41) is 10.4. The molecule has 0 aliphatic rings. The number of halogens is 1. The molecule has 0 aliphatic carbocycles. The molecule has 1 N–H and O–H groups in total. The van der Waals surface area contributed by atoms with Gasteiger partial charge < -0.3 is 9.84 Å². The van der Waals surface area contributed by atoms with Crippen LogP contribution in [0.3, 0.4) is 0 Å². The molecule has 0 spiro atoms. The molecule has 19 heavy (non-hydrogen) atoms. The smallest absolute Gasteiger partial charge is 0.129 e. The summed E-state index contributed by atoms with van der Waals surface area (Å²) in [4.78, 5) is 0. The lowest BCUT2D eigenvalue weighted by Gasteiger charge is -2.17. The van der Waals surface area contributed by atoms with Crippen molar-refractivity contribution in [2.75, 3.05) is 6.61 Å². The number of hydrogen-bond donors (Lipinski definition) is 1. The van der Waals surface area contributed by atoms with E-state index < -0.39 is 11.9 Å². The van der Waals surface area contributed by atoms with Crippen LogP contribution in [0.15, 0.2) is 42.5 Å². The van der Waals surface area contributed by atoms with Gasteiger partial charge in [0.25, 0.3) is 0 Å². The van der Waals surface area contributed by atoms with Gasteiger partial charge in [-0.1, -0.05) is 29.8 Å². The Morgan fingerprint density at radius 2 is 1.89 bits per heavy atom. The maximum absolute atomic E-state index is 13.7. The number of ether oxygens (including phenoxy) is 1. The third-order valence-electron chi connectivity index (χ3n) is 2.96. The van der Waals surface area contributed by atoms with Gasteiger partial charge in [0, 0.05) is 11.1 Å². The first kappa shape index (κ1) is 13.6. The van der Waals surface area contributed by atoms with Crippen LogP contribution in [-0.2, 0) is 0 Å². The zero-order valence-electron chi connectivity index (χ0n) is 11.1. The maximum atomic E-state index is 13.7. The molecule has 0 heterocycles. The van der Waals surface area contributed by atoms with Gasteiger partial charge in [0.1, 0.15) is 17.7 Å². The van der Waals surface area contributed by atoms with Gasteiger partial charge in [-0.3, -0.25) is 0 Å². The molecule has 3 heteroatoms. The van der Waals surface area contributed by atoms with Crippen LogP contribution in [0.5, 0.6) is 5.75 Å². The molecule has 0 fully saturated rings. The third kappa shape index (κ3) is 2.93. The Hall–Kier alpha value is -1.87.